The molecule has 1 unspecified atom stereocenters. The zero-order valence-electron chi connectivity index (χ0n) is 21.7. The minimum Gasteiger partial charge on any atom is -0.350 e. The fraction of sp³-hybridized carbons (Fsp3) is 0.786. The second-order valence-corrected chi connectivity index (χ2v) is 10.4. The summed E-state index contributed by atoms with van der Waals surface area (Å²) in [4.78, 5) is 0. The Labute approximate surface area is 206 Å². The first-order valence-corrected chi connectivity index (χ1v) is 13.5. The highest BCUT2D eigenvalue weighted by Crippen LogP contribution is 2.40. The van der Waals surface area contributed by atoms with E-state index in [1.807, 2.05) is 13.8 Å². The van der Waals surface area contributed by atoms with E-state index in [1.54, 1.807) is 12.1 Å². The number of halogens is 1. The number of unbranched alkanes of at least 4 members (excludes halogenated alkanes) is 9. The minimum absolute atomic E-state index is 0.0287. The molecule has 0 bridgehead atoms. The van der Waals surface area contributed by atoms with Crippen molar-refractivity contribution in [1.82, 2.24) is 5.32 Å². The maximum atomic E-state index is 13.2. The van der Waals surface area contributed by atoms with Crippen molar-refractivity contribution < 1.29 is 23.3 Å². The summed E-state index contributed by atoms with van der Waals surface area (Å²) < 4.78 is 37.9. The van der Waals surface area contributed by atoms with Crippen LogP contribution in [0, 0.1) is 5.82 Å². The third-order valence-electron chi connectivity index (χ3n) is 6.86. The molecule has 1 aromatic carbocycles. The van der Waals surface area contributed by atoms with Crippen molar-refractivity contribution >= 4 is 0 Å². The van der Waals surface area contributed by atoms with Crippen LogP contribution in [-0.2, 0) is 25.5 Å². The predicted molar refractivity (Wildman–Crippen MR) is 133 cm³/mol. The lowest BCUT2D eigenvalue weighted by Crippen LogP contribution is -2.44. The van der Waals surface area contributed by atoms with Crippen molar-refractivity contribution in [3.05, 3.63) is 35.6 Å². The summed E-state index contributed by atoms with van der Waals surface area (Å²) >= 11 is 0. The predicted octanol–water partition coefficient (Wildman–Crippen LogP) is 6.49. The van der Waals surface area contributed by atoms with Crippen molar-refractivity contribution in [2.24, 2.45) is 0 Å². The van der Waals surface area contributed by atoms with E-state index in [0.29, 0.717) is 13.2 Å². The number of rotatable bonds is 16. The Hall–Kier alpha value is -1.05. The monoisotopic (exact) mass is 479 g/mol. The normalized spacial score (nSPS) is 26.6. The van der Waals surface area contributed by atoms with Gasteiger partial charge in [0, 0.05) is 19.2 Å². The second-order valence-electron chi connectivity index (χ2n) is 10.4. The maximum absolute atomic E-state index is 13.2. The van der Waals surface area contributed by atoms with Gasteiger partial charge in [-0.2, -0.15) is 0 Å². The summed E-state index contributed by atoms with van der Waals surface area (Å²) in [5, 5.41) is 3.49. The molecular weight excluding hydrogens is 433 g/mol. The molecular formula is C28H46FNO4. The van der Waals surface area contributed by atoms with E-state index in [2.05, 4.69) is 19.2 Å². The lowest BCUT2D eigenvalue weighted by atomic mass is 10.0. The van der Waals surface area contributed by atoms with Crippen molar-refractivity contribution in [3.8, 4) is 0 Å². The SMILES string of the molecule is CCCCCCCCCCCCO[C@@H]1O[C@H](C(C)NCc2ccc(F)cc2)[C@H]2OC(C)(C)O[C@@H]12. The van der Waals surface area contributed by atoms with E-state index >= 15 is 0 Å². The quantitative estimate of drug-likeness (QED) is 0.275. The van der Waals surface area contributed by atoms with Crippen LogP contribution in [0.25, 0.3) is 0 Å². The standard InChI is InChI=1S/C28H46FNO4/c1-5-6-7-8-9-10-11-12-13-14-19-31-27-26-25(33-28(3,4)34-26)24(32-27)21(2)30-20-22-15-17-23(29)18-16-22/h15-18,21,24-27,30H,5-14,19-20H2,1-4H3/t21?,24-,25-,26-,27-/m1/s1. The molecule has 6 heteroatoms. The van der Waals surface area contributed by atoms with E-state index in [0.717, 1.165) is 12.0 Å². The molecule has 2 fully saturated rings. The smallest absolute Gasteiger partial charge is 0.187 e. The van der Waals surface area contributed by atoms with Gasteiger partial charge in [0.25, 0.3) is 0 Å². The number of hydrogen-bond acceptors (Lipinski definition) is 5. The first kappa shape index (κ1) is 27.5. The number of nitrogens with one attached hydrogen (secondary N) is 1. The molecule has 0 aliphatic carbocycles. The summed E-state index contributed by atoms with van der Waals surface area (Å²) in [6.45, 7) is 9.55. The Morgan fingerprint density at radius 2 is 1.50 bits per heavy atom. The van der Waals surface area contributed by atoms with Crippen LogP contribution < -0.4 is 5.32 Å². The van der Waals surface area contributed by atoms with Gasteiger partial charge < -0.3 is 24.3 Å². The Balaban J connectivity index is 1.37. The van der Waals surface area contributed by atoms with E-state index in [9.17, 15) is 4.39 Å². The highest BCUT2D eigenvalue weighted by Gasteiger charge is 2.56. The molecule has 1 N–H and O–H groups in total. The van der Waals surface area contributed by atoms with Crippen LogP contribution >= 0.6 is 0 Å². The topological polar surface area (TPSA) is 49.0 Å². The first-order chi connectivity index (χ1) is 16.4. The first-order valence-electron chi connectivity index (χ1n) is 13.5. The van der Waals surface area contributed by atoms with Crippen LogP contribution in [-0.4, -0.2) is 43.0 Å². The zero-order chi connectivity index (χ0) is 24.4. The van der Waals surface area contributed by atoms with Crippen molar-refractivity contribution in [2.45, 2.75) is 135 Å². The van der Waals surface area contributed by atoms with Gasteiger partial charge >= 0.3 is 0 Å². The lowest BCUT2D eigenvalue weighted by molar-refractivity contribution is -0.236. The van der Waals surface area contributed by atoms with Gasteiger partial charge in [-0.1, -0.05) is 76.8 Å². The molecule has 0 spiro atoms. The van der Waals surface area contributed by atoms with Gasteiger partial charge in [-0.3, -0.25) is 0 Å². The largest absolute Gasteiger partial charge is 0.350 e. The molecule has 194 valence electrons. The Morgan fingerprint density at radius 3 is 2.15 bits per heavy atom. The average Bonchev–Trinajstić information content (AvgIpc) is 3.30. The highest BCUT2D eigenvalue weighted by atomic mass is 19.1. The zero-order valence-corrected chi connectivity index (χ0v) is 21.7. The molecule has 0 amide bonds. The molecule has 3 rings (SSSR count). The molecule has 34 heavy (non-hydrogen) atoms. The minimum atomic E-state index is -0.646. The molecule has 0 saturated carbocycles. The molecule has 2 heterocycles. The maximum Gasteiger partial charge on any atom is 0.187 e. The molecule has 5 atom stereocenters. The fourth-order valence-corrected chi connectivity index (χ4v) is 4.91. The summed E-state index contributed by atoms with van der Waals surface area (Å²) in [5.74, 6) is -0.868. The van der Waals surface area contributed by atoms with E-state index in [-0.39, 0.29) is 30.2 Å². The number of hydrogen-bond donors (Lipinski definition) is 1. The second kappa shape index (κ2) is 13.9. The van der Waals surface area contributed by atoms with Gasteiger partial charge in [0.05, 0.1) is 0 Å². The molecule has 2 aliphatic rings. The van der Waals surface area contributed by atoms with Crippen LogP contribution in [0.5, 0.6) is 0 Å². The summed E-state index contributed by atoms with van der Waals surface area (Å²) in [6, 6.07) is 6.59. The van der Waals surface area contributed by atoms with E-state index < -0.39 is 12.1 Å². The van der Waals surface area contributed by atoms with Crippen LogP contribution in [0.15, 0.2) is 24.3 Å². The average molecular weight is 480 g/mol. The molecule has 2 aliphatic heterocycles. The molecule has 0 aromatic heterocycles. The summed E-state index contributed by atoms with van der Waals surface area (Å²) in [5.41, 5.74) is 1.03. The molecule has 5 nitrogen and oxygen atoms in total. The molecule has 1 aromatic rings. The number of benzene rings is 1. The third kappa shape index (κ3) is 8.56. The Morgan fingerprint density at radius 1 is 0.912 bits per heavy atom. The Bertz CT molecular complexity index is 698. The van der Waals surface area contributed by atoms with Crippen LogP contribution in [0.4, 0.5) is 4.39 Å². The van der Waals surface area contributed by atoms with Crippen LogP contribution in [0.3, 0.4) is 0 Å². The van der Waals surface area contributed by atoms with Gasteiger partial charge in [-0.15, -0.1) is 0 Å². The highest BCUT2D eigenvalue weighted by molar-refractivity contribution is 5.16. The third-order valence-corrected chi connectivity index (χ3v) is 6.86. The van der Waals surface area contributed by atoms with Crippen molar-refractivity contribution in [2.75, 3.05) is 6.61 Å². The van der Waals surface area contributed by atoms with E-state index in [1.165, 1.54) is 69.9 Å². The molecule has 2 saturated heterocycles. The number of fused-ring (bicyclic) bond motifs is 1. The fourth-order valence-electron chi connectivity index (χ4n) is 4.91. The van der Waals surface area contributed by atoms with Gasteiger partial charge in [0.1, 0.15) is 24.1 Å². The van der Waals surface area contributed by atoms with Gasteiger partial charge in [0.2, 0.25) is 0 Å². The molecule has 0 radical (unpaired) electrons. The summed E-state index contributed by atoms with van der Waals surface area (Å²) in [7, 11) is 0. The van der Waals surface area contributed by atoms with Gasteiger partial charge in [0.15, 0.2) is 12.1 Å². The van der Waals surface area contributed by atoms with Gasteiger partial charge in [-0.25, -0.2) is 4.39 Å². The van der Waals surface area contributed by atoms with Gasteiger partial charge in [-0.05, 0) is 44.9 Å². The van der Waals surface area contributed by atoms with E-state index in [4.69, 9.17) is 18.9 Å². The Kier molecular flexibility index (Phi) is 11.2. The van der Waals surface area contributed by atoms with Crippen molar-refractivity contribution in [1.29, 1.82) is 0 Å². The lowest BCUT2D eigenvalue weighted by Gasteiger charge is -2.27. The van der Waals surface area contributed by atoms with Crippen LogP contribution in [0.1, 0.15) is 97.5 Å². The van der Waals surface area contributed by atoms with Crippen LogP contribution in [0.2, 0.25) is 0 Å². The van der Waals surface area contributed by atoms with Crippen molar-refractivity contribution in [3.63, 3.8) is 0 Å². The number of ether oxygens (including phenoxy) is 4. The summed E-state index contributed by atoms with van der Waals surface area (Å²) in [6.07, 6.45) is 12.0.